The maximum absolute atomic E-state index is 11.5. The number of hydrogen-bond acceptors (Lipinski definition) is 8. The van der Waals surface area contributed by atoms with Crippen molar-refractivity contribution < 1.29 is 24.1 Å². The predicted octanol–water partition coefficient (Wildman–Crippen LogP) is 2.40. The highest BCUT2D eigenvalue weighted by atomic mass is 16.6. The molecule has 2 fully saturated rings. The topological polar surface area (TPSA) is 102 Å². The quantitative estimate of drug-likeness (QED) is 0.571. The van der Waals surface area contributed by atoms with Gasteiger partial charge in [0.15, 0.2) is 22.8 Å². The summed E-state index contributed by atoms with van der Waals surface area (Å²) in [6, 6.07) is 9.61. The van der Waals surface area contributed by atoms with Gasteiger partial charge in [-0.3, -0.25) is 4.90 Å². The number of aromatic carboxylic acids is 1. The number of rotatable bonds is 6. The van der Waals surface area contributed by atoms with Crippen molar-refractivity contribution in [3.63, 3.8) is 0 Å². The second-order valence-electron chi connectivity index (χ2n) is 9.33. The van der Waals surface area contributed by atoms with Crippen LogP contribution < -0.4 is 14.4 Å². The average molecular weight is 480 g/mol. The van der Waals surface area contributed by atoms with Crippen LogP contribution in [0.5, 0.6) is 11.5 Å². The number of nitrogens with zero attached hydrogens (tertiary/aromatic N) is 5. The molecule has 1 aromatic carbocycles. The van der Waals surface area contributed by atoms with E-state index in [0.29, 0.717) is 37.5 Å². The van der Waals surface area contributed by atoms with Crippen LogP contribution in [-0.4, -0.2) is 82.1 Å². The van der Waals surface area contributed by atoms with Crippen molar-refractivity contribution in [1.29, 1.82) is 0 Å². The number of pyridine rings is 1. The number of fused-ring (bicyclic) bond motifs is 2. The number of para-hydroxylation sites is 1. The Balaban J connectivity index is 1.23. The fourth-order valence-electron chi connectivity index (χ4n) is 5.05. The summed E-state index contributed by atoms with van der Waals surface area (Å²) < 4.78 is 19.4. The molecule has 0 bridgehead atoms. The van der Waals surface area contributed by atoms with Crippen LogP contribution in [0.4, 0.5) is 5.69 Å². The molecule has 184 valence electrons. The fourth-order valence-corrected chi connectivity index (χ4v) is 5.05. The first-order valence-corrected chi connectivity index (χ1v) is 12.2. The van der Waals surface area contributed by atoms with Crippen LogP contribution in [0.2, 0.25) is 0 Å². The minimum absolute atomic E-state index is 0.0269. The van der Waals surface area contributed by atoms with Gasteiger partial charge in [0.1, 0.15) is 24.6 Å². The zero-order chi connectivity index (χ0) is 23.9. The van der Waals surface area contributed by atoms with Gasteiger partial charge in [-0.25, -0.2) is 14.8 Å². The highest BCUT2D eigenvalue weighted by molar-refractivity contribution is 5.88. The third-order valence-corrected chi connectivity index (χ3v) is 7.07. The van der Waals surface area contributed by atoms with E-state index in [9.17, 15) is 9.90 Å². The van der Waals surface area contributed by atoms with Crippen molar-refractivity contribution in [2.75, 3.05) is 44.4 Å². The summed E-state index contributed by atoms with van der Waals surface area (Å²) in [5, 5.41) is 9.42. The summed E-state index contributed by atoms with van der Waals surface area (Å²) in [6.07, 6.45) is 1.10. The van der Waals surface area contributed by atoms with Crippen LogP contribution in [0.25, 0.3) is 11.2 Å². The molecular formula is C25H29N5O5. The number of carbonyl (C=O) groups is 1. The summed E-state index contributed by atoms with van der Waals surface area (Å²) in [5.74, 6) is 1.49. The molecule has 35 heavy (non-hydrogen) atoms. The molecule has 3 aromatic rings. The van der Waals surface area contributed by atoms with Crippen LogP contribution >= 0.6 is 0 Å². The van der Waals surface area contributed by atoms with E-state index in [4.69, 9.17) is 19.2 Å². The summed E-state index contributed by atoms with van der Waals surface area (Å²) in [5.41, 5.74) is 2.42. The van der Waals surface area contributed by atoms with Gasteiger partial charge in [0, 0.05) is 32.3 Å². The van der Waals surface area contributed by atoms with Crippen molar-refractivity contribution in [1.82, 2.24) is 19.4 Å². The standard InChI is InChI=1S/C25H29N5O5/c1-16-13-29(20-3-2-4-21-23(20)35-12-11-34-21)9-8-28(16)15-22-26-18-5-6-19(25(31)32)27-24(18)30(22)14-17-7-10-33-17/h2-6,16-17H,7-15H2,1H3,(H,31,32). The maximum Gasteiger partial charge on any atom is 0.354 e. The molecule has 2 atom stereocenters. The third-order valence-electron chi connectivity index (χ3n) is 7.07. The van der Waals surface area contributed by atoms with Crippen molar-refractivity contribution in [3.8, 4) is 11.5 Å². The zero-order valence-corrected chi connectivity index (χ0v) is 19.7. The molecule has 2 unspecified atom stereocenters. The Hall–Kier alpha value is -3.37. The Bertz CT molecular complexity index is 1260. The summed E-state index contributed by atoms with van der Waals surface area (Å²) in [7, 11) is 0. The van der Waals surface area contributed by atoms with Crippen LogP contribution in [0.3, 0.4) is 0 Å². The van der Waals surface area contributed by atoms with Crippen molar-refractivity contribution in [2.45, 2.75) is 38.6 Å². The number of piperazine rings is 1. The molecule has 0 saturated carbocycles. The van der Waals surface area contributed by atoms with Gasteiger partial charge in [0.05, 0.1) is 24.9 Å². The third kappa shape index (κ3) is 4.17. The molecule has 6 rings (SSSR count). The lowest BCUT2D eigenvalue weighted by Crippen LogP contribution is -2.52. The number of anilines is 1. The Labute approximate surface area is 203 Å². The number of aromatic nitrogens is 3. The highest BCUT2D eigenvalue weighted by Crippen LogP contribution is 2.40. The van der Waals surface area contributed by atoms with Crippen molar-refractivity contribution in [3.05, 3.63) is 41.9 Å². The minimum Gasteiger partial charge on any atom is -0.486 e. The summed E-state index contributed by atoms with van der Waals surface area (Å²) in [4.78, 5) is 25.5. The van der Waals surface area contributed by atoms with Crippen LogP contribution in [0.1, 0.15) is 29.7 Å². The SMILES string of the molecule is CC1CN(c2cccc3c2OCCO3)CCN1Cc1nc2ccc(C(=O)O)nc2n1CC1CCO1. The summed E-state index contributed by atoms with van der Waals surface area (Å²) in [6.45, 7) is 8.00. The Morgan fingerprint density at radius 3 is 2.74 bits per heavy atom. The lowest BCUT2D eigenvalue weighted by molar-refractivity contribution is -0.0593. The van der Waals surface area contributed by atoms with Crippen LogP contribution in [0.15, 0.2) is 30.3 Å². The molecule has 0 spiro atoms. The molecule has 3 aliphatic rings. The molecule has 10 heteroatoms. The number of ether oxygens (including phenoxy) is 3. The van der Waals surface area contributed by atoms with E-state index in [2.05, 4.69) is 27.8 Å². The van der Waals surface area contributed by atoms with Crippen LogP contribution in [0, 0.1) is 0 Å². The smallest absolute Gasteiger partial charge is 0.354 e. The number of carboxylic acid groups (broad SMARTS) is 1. The monoisotopic (exact) mass is 479 g/mol. The van der Waals surface area contributed by atoms with Gasteiger partial charge in [-0.1, -0.05) is 6.07 Å². The van der Waals surface area contributed by atoms with Crippen molar-refractivity contribution in [2.24, 2.45) is 0 Å². The van der Waals surface area contributed by atoms with E-state index < -0.39 is 5.97 Å². The first-order valence-electron chi connectivity index (χ1n) is 12.2. The molecule has 0 aliphatic carbocycles. The summed E-state index contributed by atoms with van der Waals surface area (Å²) >= 11 is 0. The number of imidazole rings is 1. The second kappa shape index (κ2) is 9.01. The second-order valence-corrected chi connectivity index (χ2v) is 9.33. The largest absolute Gasteiger partial charge is 0.486 e. The van der Waals surface area contributed by atoms with Crippen molar-refractivity contribution >= 4 is 22.8 Å². The Kier molecular flexibility index (Phi) is 5.69. The lowest BCUT2D eigenvalue weighted by atomic mass is 10.1. The molecule has 3 aliphatic heterocycles. The predicted molar refractivity (Wildman–Crippen MR) is 128 cm³/mol. The molecule has 2 aromatic heterocycles. The molecule has 2 saturated heterocycles. The Morgan fingerprint density at radius 1 is 1.11 bits per heavy atom. The number of hydrogen-bond donors (Lipinski definition) is 1. The first-order chi connectivity index (χ1) is 17.1. The van der Waals surface area contributed by atoms with E-state index in [1.54, 1.807) is 6.07 Å². The van der Waals surface area contributed by atoms with Gasteiger partial charge in [0.2, 0.25) is 0 Å². The van der Waals surface area contributed by atoms with E-state index in [1.807, 2.05) is 16.7 Å². The Morgan fingerprint density at radius 2 is 1.97 bits per heavy atom. The van der Waals surface area contributed by atoms with E-state index in [1.165, 1.54) is 6.07 Å². The molecular weight excluding hydrogens is 450 g/mol. The van der Waals surface area contributed by atoms with Gasteiger partial charge in [-0.2, -0.15) is 0 Å². The van der Waals surface area contributed by atoms with E-state index in [0.717, 1.165) is 55.7 Å². The molecule has 5 heterocycles. The normalized spacial score (nSPS) is 22.3. The van der Waals surface area contributed by atoms with E-state index >= 15 is 0 Å². The fraction of sp³-hybridized carbons (Fsp3) is 0.480. The maximum atomic E-state index is 11.5. The molecule has 1 N–H and O–H groups in total. The van der Waals surface area contributed by atoms with Gasteiger partial charge >= 0.3 is 5.97 Å². The molecule has 0 radical (unpaired) electrons. The molecule has 10 nitrogen and oxygen atoms in total. The molecule has 0 amide bonds. The van der Waals surface area contributed by atoms with Gasteiger partial charge in [0.25, 0.3) is 0 Å². The van der Waals surface area contributed by atoms with Gasteiger partial charge in [-0.15, -0.1) is 0 Å². The van der Waals surface area contributed by atoms with Gasteiger partial charge < -0.3 is 28.8 Å². The highest BCUT2D eigenvalue weighted by Gasteiger charge is 2.30. The van der Waals surface area contributed by atoms with E-state index in [-0.39, 0.29) is 17.8 Å². The zero-order valence-electron chi connectivity index (χ0n) is 19.7. The lowest BCUT2D eigenvalue weighted by Gasteiger charge is -2.41. The minimum atomic E-state index is -1.04. The van der Waals surface area contributed by atoms with Gasteiger partial charge in [-0.05, 0) is 37.6 Å². The number of carboxylic acids is 1. The average Bonchev–Trinajstić information content (AvgIpc) is 3.18. The first kappa shape index (κ1) is 22.1. The van der Waals surface area contributed by atoms with Crippen LogP contribution in [-0.2, 0) is 17.8 Å². The number of benzene rings is 1.